The van der Waals surface area contributed by atoms with Gasteiger partial charge < -0.3 is 5.32 Å². The van der Waals surface area contributed by atoms with E-state index >= 15 is 0 Å². The second-order valence-electron chi connectivity index (χ2n) is 3.27. The van der Waals surface area contributed by atoms with Gasteiger partial charge in [-0.05, 0) is 28.9 Å². The van der Waals surface area contributed by atoms with Gasteiger partial charge in [0.1, 0.15) is 4.34 Å². The molecule has 0 fully saturated rings. The summed E-state index contributed by atoms with van der Waals surface area (Å²) in [6, 6.07) is 2.01. The van der Waals surface area contributed by atoms with Gasteiger partial charge >= 0.3 is 0 Å². The third kappa shape index (κ3) is 4.53. The number of hydrogen-bond acceptors (Lipinski definition) is 3. The van der Waals surface area contributed by atoms with Crippen LogP contribution in [0.2, 0.25) is 4.34 Å². The van der Waals surface area contributed by atoms with Gasteiger partial charge in [-0.2, -0.15) is 0 Å². The number of halogens is 2. The van der Waals surface area contributed by atoms with Gasteiger partial charge in [0, 0.05) is 44.7 Å². The highest BCUT2D eigenvalue weighted by molar-refractivity contribution is 9.10. The van der Waals surface area contributed by atoms with Crippen LogP contribution < -0.4 is 5.32 Å². The van der Waals surface area contributed by atoms with E-state index in [-0.39, 0.29) is 5.25 Å². The molecule has 1 N–H and O–H groups in total. The number of rotatable bonds is 5. The molecule has 0 bridgehead atoms. The van der Waals surface area contributed by atoms with Crippen molar-refractivity contribution >= 4 is 49.7 Å². The maximum Gasteiger partial charge on any atom is 0.107 e. The summed E-state index contributed by atoms with van der Waals surface area (Å²) < 4.78 is 12.8. The van der Waals surface area contributed by atoms with Crippen LogP contribution >= 0.6 is 38.9 Å². The summed E-state index contributed by atoms with van der Waals surface area (Å²) in [5.74, 6) is 0. The SMILES string of the molecule is CC(CNCc1cc(Br)c(Cl)s1)S(C)=O. The first-order chi connectivity index (χ1) is 7.00. The van der Waals surface area contributed by atoms with Crippen LogP contribution in [0.25, 0.3) is 0 Å². The minimum absolute atomic E-state index is 0.184. The van der Waals surface area contributed by atoms with Crippen LogP contribution in [0.3, 0.4) is 0 Å². The summed E-state index contributed by atoms with van der Waals surface area (Å²) in [4.78, 5) is 1.18. The van der Waals surface area contributed by atoms with E-state index in [1.54, 1.807) is 17.6 Å². The van der Waals surface area contributed by atoms with Crippen molar-refractivity contribution in [3.8, 4) is 0 Å². The number of thiophene rings is 1. The van der Waals surface area contributed by atoms with Gasteiger partial charge in [0.2, 0.25) is 0 Å². The topological polar surface area (TPSA) is 29.1 Å². The van der Waals surface area contributed by atoms with Crippen LogP contribution in [0.1, 0.15) is 11.8 Å². The molecule has 1 heterocycles. The van der Waals surface area contributed by atoms with Gasteiger partial charge in [0.05, 0.1) is 0 Å². The summed E-state index contributed by atoms with van der Waals surface area (Å²) in [6.45, 7) is 3.51. The first-order valence-corrected chi connectivity index (χ1v) is 8.08. The quantitative estimate of drug-likeness (QED) is 0.899. The Morgan fingerprint density at radius 1 is 1.73 bits per heavy atom. The highest BCUT2D eigenvalue weighted by Gasteiger charge is 2.07. The molecular weight excluding hydrogens is 318 g/mol. The van der Waals surface area contributed by atoms with Crippen LogP contribution in [0.4, 0.5) is 0 Å². The Morgan fingerprint density at radius 2 is 2.40 bits per heavy atom. The molecule has 0 aromatic carbocycles. The molecule has 15 heavy (non-hydrogen) atoms. The van der Waals surface area contributed by atoms with E-state index in [0.29, 0.717) is 0 Å². The standard InChI is InChI=1S/C9H13BrClNOS2/c1-6(15(2)13)4-12-5-7-3-8(10)9(11)14-7/h3,6,12H,4-5H2,1-2H3. The molecule has 0 aliphatic rings. The second-order valence-corrected chi connectivity index (χ2v) is 7.67. The summed E-state index contributed by atoms with van der Waals surface area (Å²) in [7, 11) is -0.762. The van der Waals surface area contributed by atoms with Crippen molar-refractivity contribution in [1.29, 1.82) is 0 Å². The van der Waals surface area contributed by atoms with Gasteiger partial charge in [0.15, 0.2) is 0 Å². The average molecular weight is 331 g/mol. The molecule has 0 saturated carbocycles. The smallest absolute Gasteiger partial charge is 0.107 e. The lowest BCUT2D eigenvalue weighted by molar-refractivity contribution is 0.649. The van der Waals surface area contributed by atoms with E-state index in [9.17, 15) is 4.21 Å². The van der Waals surface area contributed by atoms with E-state index in [2.05, 4.69) is 21.2 Å². The minimum Gasteiger partial charge on any atom is -0.311 e. The van der Waals surface area contributed by atoms with Gasteiger partial charge in [-0.1, -0.05) is 11.6 Å². The Bertz CT molecular complexity index is 336. The maximum atomic E-state index is 11.1. The van der Waals surface area contributed by atoms with Crippen molar-refractivity contribution in [2.24, 2.45) is 0 Å². The van der Waals surface area contributed by atoms with Crippen LogP contribution in [0.15, 0.2) is 10.5 Å². The molecule has 6 heteroatoms. The summed E-state index contributed by atoms with van der Waals surface area (Å²) in [5, 5.41) is 3.45. The van der Waals surface area contributed by atoms with Gasteiger partial charge in [-0.15, -0.1) is 11.3 Å². The number of hydrogen-bond donors (Lipinski definition) is 1. The fourth-order valence-electron chi connectivity index (χ4n) is 0.994. The van der Waals surface area contributed by atoms with Gasteiger partial charge in [-0.25, -0.2) is 0 Å². The van der Waals surface area contributed by atoms with Crippen molar-refractivity contribution in [1.82, 2.24) is 5.32 Å². The Morgan fingerprint density at radius 3 is 2.87 bits per heavy atom. The van der Waals surface area contributed by atoms with Crippen molar-refractivity contribution < 1.29 is 4.21 Å². The van der Waals surface area contributed by atoms with E-state index in [4.69, 9.17) is 11.6 Å². The van der Waals surface area contributed by atoms with Crippen LogP contribution in [-0.4, -0.2) is 22.3 Å². The van der Waals surface area contributed by atoms with Crippen molar-refractivity contribution in [2.75, 3.05) is 12.8 Å². The van der Waals surface area contributed by atoms with Crippen molar-refractivity contribution in [3.63, 3.8) is 0 Å². The second kappa shape index (κ2) is 6.35. The monoisotopic (exact) mass is 329 g/mol. The Hall–Kier alpha value is 0.580. The van der Waals surface area contributed by atoms with Crippen LogP contribution in [0.5, 0.6) is 0 Å². The van der Waals surface area contributed by atoms with E-state index in [1.165, 1.54) is 4.88 Å². The highest BCUT2D eigenvalue weighted by atomic mass is 79.9. The molecule has 0 aliphatic heterocycles. The van der Waals surface area contributed by atoms with Gasteiger partial charge in [0.25, 0.3) is 0 Å². The molecule has 0 aliphatic carbocycles. The third-order valence-electron chi connectivity index (χ3n) is 1.99. The van der Waals surface area contributed by atoms with Crippen molar-refractivity contribution in [2.45, 2.75) is 18.7 Å². The lowest BCUT2D eigenvalue weighted by Gasteiger charge is -2.08. The summed E-state index contributed by atoms with van der Waals surface area (Å²) in [5.41, 5.74) is 0. The molecular formula is C9H13BrClNOS2. The Labute approximate surface area is 110 Å². The zero-order valence-electron chi connectivity index (χ0n) is 8.55. The molecule has 1 rings (SSSR count). The highest BCUT2D eigenvalue weighted by Crippen LogP contribution is 2.31. The molecule has 0 amide bonds. The lowest BCUT2D eigenvalue weighted by Crippen LogP contribution is -2.26. The zero-order valence-corrected chi connectivity index (χ0v) is 12.5. The van der Waals surface area contributed by atoms with E-state index in [1.807, 2.05) is 13.0 Å². The normalized spacial score (nSPS) is 15.2. The molecule has 1 aromatic rings. The largest absolute Gasteiger partial charge is 0.311 e. The molecule has 2 unspecified atom stereocenters. The fraction of sp³-hybridized carbons (Fsp3) is 0.556. The lowest BCUT2D eigenvalue weighted by atomic mass is 10.4. The predicted octanol–water partition coefficient (Wildman–Crippen LogP) is 3.02. The molecule has 2 atom stereocenters. The molecule has 1 aromatic heterocycles. The Balaban J connectivity index is 2.35. The molecule has 0 spiro atoms. The maximum absolute atomic E-state index is 11.1. The van der Waals surface area contributed by atoms with E-state index in [0.717, 1.165) is 21.9 Å². The molecule has 0 radical (unpaired) electrons. The molecule has 0 saturated heterocycles. The summed E-state index contributed by atoms with van der Waals surface area (Å²) in [6.07, 6.45) is 1.73. The first-order valence-electron chi connectivity index (χ1n) is 4.47. The fourth-order valence-corrected chi connectivity index (χ4v) is 3.11. The average Bonchev–Trinajstić information content (AvgIpc) is 2.46. The van der Waals surface area contributed by atoms with Crippen molar-refractivity contribution in [3.05, 3.63) is 19.8 Å². The number of nitrogens with one attached hydrogen (secondary N) is 1. The molecule has 86 valence electrons. The first kappa shape index (κ1) is 13.6. The zero-order chi connectivity index (χ0) is 11.4. The van der Waals surface area contributed by atoms with E-state index < -0.39 is 10.8 Å². The van der Waals surface area contributed by atoms with Gasteiger partial charge in [-0.3, -0.25) is 4.21 Å². The predicted molar refractivity (Wildman–Crippen MR) is 72.3 cm³/mol. The van der Waals surface area contributed by atoms with Crippen LogP contribution in [-0.2, 0) is 17.3 Å². The van der Waals surface area contributed by atoms with Crippen LogP contribution in [0, 0.1) is 0 Å². The summed E-state index contributed by atoms with van der Waals surface area (Å²) >= 11 is 10.8. The third-order valence-corrected chi connectivity index (χ3v) is 5.77. The minimum atomic E-state index is -0.762. The molecule has 2 nitrogen and oxygen atoms in total. The Kier molecular flexibility index (Phi) is 5.77.